The van der Waals surface area contributed by atoms with Crippen LogP contribution in [-0.2, 0) is 11.0 Å². The molecule has 0 aliphatic rings. The fourth-order valence-electron chi connectivity index (χ4n) is 1.61. The quantitative estimate of drug-likeness (QED) is 0.491. The van der Waals surface area contributed by atoms with E-state index in [1.54, 1.807) is 0 Å². The van der Waals surface area contributed by atoms with Crippen LogP contribution in [0.1, 0.15) is 15.9 Å². The van der Waals surface area contributed by atoms with E-state index in [0.29, 0.717) is 6.20 Å². The first kappa shape index (κ1) is 18.7. The van der Waals surface area contributed by atoms with Crippen molar-refractivity contribution < 1.29 is 27.2 Å². The molecule has 0 spiro atoms. The van der Waals surface area contributed by atoms with Gasteiger partial charge in [0.15, 0.2) is 0 Å². The van der Waals surface area contributed by atoms with E-state index in [1.807, 2.05) is 0 Å². The molecule has 2 aromatic rings. The third-order valence-corrected chi connectivity index (χ3v) is 3.78. The third kappa shape index (κ3) is 5.75. The van der Waals surface area contributed by atoms with Gasteiger partial charge in [-0.25, -0.2) is 9.37 Å². The standard InChI is InChI=1S/C15H11F4N3O2S/c16-11-4-1-9(2-5-11)14(24)22-21-12(23)8-25-13-6-3-10(7-20-13)15(17,18)19/h1-7H,8H2,(H,21,23)(H,22,24). The fourth-order valence-corrected chi connectivity index (χ4v) is 2.25. The van der Waals surface area contributed by atoms with Crippen LogP contribution in [0.15, 0.2) is 47.6 Å². The lowest BCUT2D eigenvalue weighted by molar-refractivity contribution is -0.137. The number of aromatic nitrogens is 1. The second kappa shape index (κ2) is 7.97. The van der Waals surface area contributed by atoms with Crippen molar-refractivity contribution in [1.82, 2.24) is 15.8 Å². The molecule has 0 saturated carbocycles. The fraction of sp³-hybridized carbons (Fsp3) is 0.133. The minimum absolute atomic E-state index is 0.152. The number of rotatable bonds is 4. The minimum Gasteiger partial charge on any atom is -0.272 e. The summed E-state index contributed by atoms with van der Waals surface area (Å²) >= 11 is 0.906. The number of nitrogens with zero attached hydrogens (tertiary/aromatic N) is 1. The highest BCUT2D eigenvalue weighted by Crippen LogP contribution is 2.29. The Morgan fingerprint density at radius 2 is 1.72 bits per heavy atom. The second-order valence-corrected chi connectivity index (χ2v) is 5.68. The van der Waals surface area contributed by atoms with Crippen molar-refractivity contribution in [3.05, 3.63) is 59.5 Å². The van der Waals surface area contributed by atoms with Crippen LogP contribution in [0, 0.1) is 5.82 Å². The van der Waals surface area contributed by atoms with Gasteiger partial charge in [0.2, 0.25) is 5.91 Å². The molecule has 0 bridgehead atoms. The SMILES string of the molecule is O=C(CSc1ccc(C(F)(F)F)cn1)NNC(=O)c1ccc(F)cc1. The van der Waals surface area contributed by atoms with E-state index in [9.17, 15) is 27.2 Å². The normalized spacial score (nSPS) is 11.0. The molecule has 10 heteroatoms. The number of amides is 2. The van der Waals surface area contributed by atoms with Gasteiger partial charge < -0.3 is 0 Å². The lowest BCUT2D eigenvalue weighted by Crippen LogP contribution is -2.42. The summed E-state index contributed by atoms with van der Waals surface area (Å²) in [7, 11) is 0. The molecule has 132 valence electrons. The van der Waals surface area contributed by atoms with Gasteiger partial charge >= 0.3 is 6.18 Å². The molecule has 25 heavy (non-hydrogen) atoms. The zero-order valence-electron chi connectivity index (χ0n) is 12.4. The average Bonchev–Trinajstić information content (AvgIpc) is 2.58. The Balaban J connectivity index is 1.79. The maximum absolute atomic E-state index is 12.7. The molecule has 0 unspecified atom stereocenters. The summed E-state index contributed by atoms with van der Waals surface area (Å²) in [6, 6.07) is 6.71. The van der Waals surface area contributed by atoms with Crippen molar-refractivity contribution in [1.29, 1.82) is 0 Å². The van der Waals surface area contributed by atoms with Gasteiger partial charge in [-0.15, -0.1) is 0 Å². The van der Waals surface area contributed by atoms with Crippen molar-refractivity contribution in [3.8, 4) is 0 Å². The van der Waals surface area contributed by atoms with Crippen LogP contribution < -0.4 is 10.9 Å². The predicted molar refractivity (Wildman–Crippen MR) is 82.0 cm³/mol. The first-order valence-corrected chi connectivity index (χ1v) is 7.75. The summed E-state index contributed by atoms with van der Waals surface area (Å²) < 4.78 is 49.9. The number of benzene rings is 1. The number of carbonyl (C=O) groups excluding carboxylic acids is 2. The van der Waals surface area contributed by atoms with Crippen molar-refractivity contribution in [2.75, 3.05) is 5.75 Å². The maximum atomic E-state index is 12.7. The second-order valence-electron chi connectivity index (χ2n) is 4.68. The number of alkyl halides is 3. The molecule has 1 aromatic heterocycles. The highest BCUT2D eigenvalue weighted by atomic mass is 32.2. The Hall–Kier alpha value is -2.62. The van der Waals surface area contributed by atoms with Crippen LogP contribution in [0.2, 0.25) is 0 Å². The lowest BCUT2D eigenvalue weighted by Gasteiger charge is -2.08. The Bertz CT molecular complexity index is 749. The van der Waals surface area contributed by atoms with Crippen LogP contribution in [0.25, 0.3) is 0 Å². The molecular weight excluding hydrogens is 362 g/mol. The maximum Gasteiger partial charge on any atom is 0.417 e. The Kier molecular flexibility index (Phi) is 5.97. The van der Waals surface area contributed by atoms with Crippen molar-refractivity contribution in [3.63, 3.8) is 0 Å². The molecule has 1 heterocycles. The summed E-state index contributed by atoms with van der Waals surface area (Å²) in [6.45, 7) is 0. The van der Waals surface area contributed by atoms with E-state index >= 15 is 0 Å². The lowest BCUT2D eigenvalue weighted by atomic mass is 10.2. The van der Waals surface area contributed by atoms with Crippen LogP contribution in [-0.4, -0.2) is 22.6 Å². The molecule has 0 aliphatic heterocycles. The third-order valence-electron chi connectivity index (χ3n) is 2.84. The first-order chi connectivity index (χ1) is 11.8. The van der Waals surface area contributed by atoms with Crippen LogP contribution >= 0.6 is 11.8 Å². The van der Waals surface area contributed by atoms with Gasteiger partial charge in [-0.1, -0.05) is 11.8 Å². The van der Waals surface area contributed by atoms with Gasteiger partial charge in [-0.05, 0) is 36.4 Å². The molecule has 2 N–H and O–H groups in total. The summed E-state index contributed by atoms with van der Waals surface area (Å²) in [4.78, 5) is 26.9. The zero-order valence-corrected chi connectivity index (χ0v) is 13.2. The molecule has 0 aliphatic carbocycles. The van der Waals surface area contributed by atoms with E-state index in [2.05, 4.69) is 15.8 Å². The number of nitrogens with one attached hydrogen (secondary N) is 2. The first-order valence-electron chi connectivity index (χ1n) is 6.76. The molecule has 2 rings (SSSR count). The molecule has 0 radical (unpaired) electrons. The van der Waals surface area contributed by atoms with E-state index in [4.69, 9.17) is 0 Å². The monoisotopic (exact) mass is 373 g/mol. The van der Waals surface area contributed by atoms with Gasteiger partial charge in [0.1, 0.15) is 5.82 Å². The van der Waals surface area contributed by atoms with Gasteiger partial charge in [0, 0.05) is 11.8 Å². The predicted octanol–water partition coefficient (Wildman–Crippen LogP) is 2.79. The van der Waals surface area contributed by atoms with E-state index < -0.39 is 29.4 Å². The average molecular weight is 373 g/mol. The van der Waals surface area contributed by atoms with Crippen LogP contribution in [0.5, 0.6) is 0 Å². The number of carbonyl (C=O) groups is 2. The summed E-state index contributed by atoms with van der Waals surface area (Å²) in [6.07, 6.45) is -3.80. The van der Waals surface area contributed by atoms with Gasteiger partial charge in [-0.3, -0.25) is 20.4 Å². The topological polar surface area (TPSA) is 71.1 Å². The number of thioether (sulfide) groups is 1. The molecule has 0 atom stereocenters. The Morgan fingerprint density at radius 1 is 1.04 bits per heavy atom. The van der Waals surface area contributed by atoms with Crippen molar-refractivity contribution in [2.45, 2.75) is 11.2 Å². The largest absolute Gasteiger partial charge is 0.417 e. The van der Waals surface area contributed by atoms with Crippen molar-refractivity contribution in [2.24, 2.45) is 0 Å². The number of halogens is 4. The number of hydrazine groups is 1. The number of pyridine rings is 1. The molecule has 0 saturated heterocycles. The summed E-state index contributed by atoms with van der Waals surface area (Å²) in [5.41, 5.74) is 3.55. The van der Waals surface area contributed by atoms with Crippen molar-refractivity contribution >= 4 is 23.6 Å². The van der Waals surface area contributed by atoms with Gasteiger partial charge in [0.25, 0.3) is 5.91 Å². The highest BCUT2D eigenvalue weighted by Gasteiger charge is 2.30. The van der Waals surface area contributed by atoms with Gasteiger partial charge in [0.05, 0.1) is 16.3 Å². The highest BCUT2D eigenvalue weighted by molar-refractivity contribution is 7.99. The summed E-state index contributed by atoms with van der Waals surface area (Å²) in [5, 5.41) is 0.230. The molecule has 1 aromatic carbocycles. The van der Waals surface area contributed by atoms with Gasteiger partial charge in [-0.2, -0.15) is 13.2 Å². The summed E-state index contributed by atoms with van der Waals surface area (Å²) in [5.74, 6) is -1.88. The number of hydrogen-bond acceptors (Lipinski definition) is 4. The smallest absolute Gasteiger partial charge is 0.272 e. The zero-order chi connectivity index (χ0) is 18.4. The molecule has 0 fully saturated rings. The Morgan fingerprint density at radius 3 is 2.28 bits per heavy atom. The van der Waals surface area contributed by atoms with Crippen LogP contribution in [0.3, 0.4) is 0 Å². The minimum atomic E-state index is -4.47. The Labute approximate surface area is 143 Å². The van der Waals surface area contributed by atoms with E-state index in [0.717, 1.165) is 36.0 Å². The van der Waals surface area contributed by atoms with E-state index in [1.165, 1.54) is 12.1 Å². The molecule has 2 amide bonds. The molecule has 5 nitrogen and oxygen atoms in total. The number of hydrogen-bond donors (Lipinski definition) is 2. The van der Waals surface area contributed by atoms with Crippen LogP contribution in [0.4, 0.5) is 17.6 Å². The molecular formula is C15H11F4N3O2S. The van der Waals surface area contributed by atoms with E-state index in [-0.39, 0.29) is 16.3 Å².